The van der Waals surface area contributed by atoms with E-state index < -0.39 is 0 Å². The van der Waals surface area contributed by atoms with E-state index in [9.17, 15) is 4.79 Å². The molecule has 0 radical (unpaired) electrons. The number of fused-ring (bicyclic) bond motifs is 1. The molecule has 0 aliphatic heterocycles. The van der Waals surface area contributed by atoms with Gasteiger partial charge in [-0.1, -0.05) is 6.07 Å². The number of aryl methyl sites for hydroxylation is 1. The van der Waals surface area contributed by atoms with E-state index >= 15 is 0 Å². The number of hydrogen-bond donors (Lipinski definition) is 2. The molecule has 2 aliphatic carbocycles. The number of nitrogens with one attached hydrogen (secondary N) is 1. The lowest BCUT2D eigenvalue weighted by Crippen LogP contribution is -2.31. The summed E-state index contributed by atoms with van der Waals surface area (Å²) >= 11 is 0. The summed E-state index contributed by atoms with van der Waals surface area (Å²) < 4.78 is 11.6. The molecule has 0 heterocycles. The van der Waals surface area contributed by atoms with Crippen LogP contribution in [0.4, 0.5) is 5.69 Å². The molecule has 1 amide bonds. The average Bonchev–Trinajstić information content (AvgIpc) is 3.21. The number of benzene rings is 2. The number of nitrogens with two attached hydrogens (primary N) is 1. The van der Waals surface area contributed by atoms with Gasteiger partial charge in [-0.25, -0.2) is 0 Å². The van der Waals surface area contributed by atoms with E-state index in [1.165, 1.54) is 24.0 Å². The fourth-order valence-corrected chi connectivity index (χ4v) is 4.32. The molecule has 1 fully saturated rings. The monoisotopic (exact) mass is 380 g/mol. The number of nitrogen functional groups attached to an aromatic ring is 1. The van der Waals surface area contributed by atoms with Gasteiger partial charge in [0, 0.05) is 11.3 Å². The zero-order valence-electron chi connectivity index (χ0n) is 16.4. The van der Waals surface area contributed by atoms with Crippen LogP contribution >= 0.6 is 0 Å². The van der Waals surface area contributed by atoms with E-state index in [1.54, 1.807) is 13.2 Å². The summed E-state index contributed by atoms with van der Waals surface area (Å²) in [6.45, 7) is 0. The van der Waals surface area contributed by atoms with Crippen LogP contribution in [0.5, 0.6) is 11.5 Å². The third kappa shape index (κ3) is 3.93. The maximum atomic E-state index is 12.9. The molecule has 4 rings (SSSR count). The summed E-state index contributed by atoms with van der Waals surface area (Å²) in [7, 11) is 1.61. The van der Waals surface area contributed by atoms with Crippen LogP contribution in [0.3, 0.4) is 0 Å². The van der Waals surface area contributed by atoms with Gasteiger partial charge in [-0.05, 0) is 86.4 Å². The van der Waals surface area contributed by atoms with Crippen molar-refractivity contribution < 1.29 is 14.3 Å². The quantitative estimate of drug-likeness (QED) is 0.754. The molecule has 148 valence electrons. The Morgan fingerprint density at radius 2 is 1.86 bits per heavy atom. The summed E-state index contributed by atoms with van der Waals surface area (Å²) in [5, 5.41) is 3.18. The largest absolute Gasteiger partial charge is 0.493 e. The SMILES string of the molecule is COc1cc(C(=O)NC2CCCc3cc(N)ccc32)ccc1OC1CCCC1. The van der Waals surface area contributed by atoms with Gasteiger partial charge < -0.3 is 20.5 Å². The normalized spacial score (nSPS) is 19.1. The number of carbonyl (C=O) groups excluding carboxylic acids is 1. The van der Waals surface area contributed by atoms with Crippen molar-refractivity contribution >= 4 is 11.6 Å². The predicted octanol–water partition coefficient (Wildman–Crippen LogP) is 4.41. The third-order valence-electron chi connectivity index (χ3n) is 5.81. The summed E-state index contributed by atoms with van der Waals surface area (Å²) in [5.74, 6) is 1.22. The van der Waals surface area contributed by atoms with Crippen LogP contribution in [0.2, 0.25) is 0 Å². The molecule has 2 aromatic carbocycles. The summed E-state index contributed by atoms with van der Waals surface area (Å²) in [5.41, 5.74) is 9.66. The highest BCUT2D eigenvalue weighted by Crippen LogP contribution is 2.34. The zero-order valence-corrected chi connectivity index (χ0v) is 16.4. The minimum absolute atomic E-state index is 0.0114. The molecule has 0 spiro atoms. The third-order valence-corrected chi connectivity index (χ3v) is 5.81. The Hall–Kier alpha value is -2.69. The number of rotatable bonds is 5. The van der Waals surface area contributed by atoms with Crippen LogP contribution in [-0.2, 0) is 6.42 Å². The molecule has 1 saturated carbocycles. The van der Waals surface area contributed by atoms with E-state index in [0.717, 1.165) is 37.8 Å². The molecule has 0 aromatic heterocycles. The van der Waals surface area contributed by atoms with Crippen LogP contribution in [0.15, 0.2) is 36.4 Å². The molecular formula is C23H28N2O3. The molecular weight excluding hydrogens is 352 g/mol. The van der Waals surface area contributed by atoms with Crippen molar-refractivity contribution in [1.29, 1.82) is 0 Å². The highest BCUT2D eigenvalue weighted by atomic mass is 16.5. The average molecular weight is 380 g/mol. The van der Waals surface area contributed by atoms with E-state index in [0.29, 0.717) is 17.1 Å². The highest BCUT2D eigenvalue weighted by molar-refractivity contribution is 5.95. The number of anilines is 1. The zero-order chi connectivity index (χ0) is 19.5. The van der Waals surface area contributed by atoms with Crippen molar-refractivity contribution in [2.24, 2.45) is 0 Å². The second-order valence-electron chi connectivity index (χ2n) is 7.77. The molecule has 3 N–H and O–H groups in total. The van der Waals surface area contributed by atoms with Gasteiger partial charge in [0.05, 0.1) is 19.3 Å². The van der Waals surface area contributed by atoms with Gasteiger partial charge in [-0.15, -0.1) is 0 Å². The lowest BCUT2D eigenvalue weighted by Gasteiger charge is -2.27. The molecule has 28 heavy (non-hydrogen) atoms. The van der Waals surface area contributed by atoms with Crippen LogP contribution < -0.4 is 20.5 Å². The first-order valence-electron chi connectivity index (χ1n) is 10.2. The highest BCUT2D eigenvalue weighted by Gasteiger charge is 2.23. The van der Waals surface area contributed by atoms with Gasteiger partial charge in [0.15, 0.2) is 11.5 Å². The summed E-state index contributed by atoms with van der Waals surface area (Å²) in [6.07, 6.45) is 7.81. The van der Waals surface area contributed by atoms with Gasteiger partial charge in [0.2, 0.25) is 0 Å². The lowest BCUT2D eigenvalue weighted by molar-refractivity contribution is 0.0932. The first-order valence-corrected chi connectivity index (χ1v) is 10.2. The van der Waals surface area contributed by atoms with E-state index in [2.05, 4.69) is 5.32 Å². The Kier molecular flexibility index (Phi) is 5.42. The number of amides is 1. The van der Waals surface area contributed by atoms with Gasteiger partial charge in [0.25, 0.3) is 5.91 Å². The Balaban J connectivity index is 1.49. The second kappa shape index (κ2) is 8.13. The lowest BCUT2D eigenvalue weighted by atomic mass is 9.87. The van der Waals surface area contributed by atoms with Crippen LogP contribution in [-0.4, -0.2) is 19.1 Å². The van der Waals surface area contributed by atoms with E-state index in [-0.39, 0.29) is 18.1 Å². The van der Waals surface area contributed by atoms with Crippen LogP contribution in [0.25, 0.3) is 0 Å². The van der Waals surface area contributed by atoms with Crippen molar-refractivity contribution in [3.63, 3.8) is 0 Å². The molecule has 2 aromatic rings. The van der Waals surface area contributed by atoms with Crippen molar-refractivity contribution in [2.45, 2.75) is 57.1 Å². The van der Waals surface area contributed by atoms with Gasteiger partial charge in [0.1, 0.15) is 0 Å². The molecule has 0 saturated heterocycles. The van der Waals surface area contributed by atoms with Crippen LogP contribution in [0, 0.1) is 0 Å². The topological polar surface area (TPSA) is 73.6 Å². The molecule has 0 bridgehead atoms. The molecule has 1 unspecified atom stereocenters. The standard InChI is InChI=1S/C23H28N2O3/c1-27-22-14-16(9-12-21(22)28-18-6-2-3-7-18)23(26)25-20-8-4-5-15-13-17(24)10-11-19(15)20/h9-14,18,20H,2-8,24H2,1H3,(H,25,26). The second-order valence-corrected chi connectivity index (χ2v) is 7.77. The minimum Gasteiger partial charge on any atom is -0.493 e. The Labute approximate surface area is 166 Å². The summed E-state index contributed by atoms with van der Waals surface area (Å²) in [6, 6.07) is 11.4. The Morgan fingerprint density at radius 3 is 2.64 bits per heavy atom. The maximum absolute atomic E-state index is 12.9. The van der Waals surface area contributed by atoms with Crippen molar-refractivity contribution in [1.82, 2.24) is 5.32 Å². The van der Waals surface area contributed by atoms with Crippen molar-refractivity contribution in [3.05, 3.63) is 53.1 Å². The minimum atomic E-state index is -0.0969. The Morgan fingerprint density at radius 1 is 1.04 bits per heavy atom. The van der Waals surface area contributed by atoms with Gasteiger partial charge >= 0.3 is 0 Å². The number of hydrogen-bond acceptors (Lipinski definition) is 4. The number of ether oxygens (including phenoxy) is 2. The van der Waals surface area contributed by atoms with Crippen molar-refractivity contribution in [2.75, 3.05) is 12.8 Å². The fraction of sp³-hybridized carbons (Fsp3) is 0.435. The van der Waals surface area contributed by atoms with Crippen molar-refractivity contribution in [3.8, 4) is 11.5 Å². The smallest absolute Gasteiger partial charge is 0.251 e. The predicted molar refractivity (Wildman–Crippen MR) is 110 cm³/mol. The first kappa shape index (κ1) is 18.7. The van der Waals surface area contributed by atoms with E-state index in [4.69, 9.17) is 15.2 Å². The maximum Gasteiger partial charge on any atom is 0.251 e. The molecule has 2 aliphatic rings. The Bertz CT molecular complexity index is 859. The van der Waals surface area contributed by atoms with Crippen LogP contribution in [0.1, 0.15) is 66.1 Å². The van der Waals surface area contributed by atoms with Gasteiger partial charge in [-0.3, -0.25) is 4.79 Å². The number of methoxy groups -OCH3 is 1. The molecule has 5 nitrogen and oxygen atoms in total. The van der Waals surface area contributed by atoms with Gasteiger partial charge in [-0.2, -0.15) is 0 Å². The van der Waals surface area contributed by atoms with E-state index in [1.807, 2.05) is 30.3 Å². The number of carbonyl (C=O) groups is 1. The summed E-state index contributed by atoms with van der Waals surface area (Å²) in [4.78, 5) is 12.9. The molecule has 5 heteroatoms. The fourth-order valence-electron chi connectivity index (χ4n) is 4.32. The first-order chi connectivity index (χ1) is 13.6. The molecule has 1 atom stereocenters.